The van der Waals surface area contributed by atoms with Crippen LogP contribution in [0.4, 0.5) is 0 Å². The number of carboxylic acid groups (broad SMARTS) is 1. The summed E-state index contributed by atoms with van der Waals surface area (Å²) in [5.41, 5.74) is 0.0103. The highest BCUT2D eigenvalue weighted by atomic mass is 31.2. The summed E-state index contributed by atoms with van der Waals surface area (Å²) >= 11 is 0. The van der Waals surface area contributed by atoms with E-state index in [-0.39, 0.29) is 5.56 Å². The average molecular weight is 262 g/mol. The number of hydrogen-bond acceptors (Lipinski definition) is 4. The van der Waals surface area contributed by atoms with E-state index in [0.717, 1.165) is 12.1 Å². The molecule has 8 heteroatoms. The number of benzene rings is 1. The molecule has 5 N–H and O–H groups in total. The van der Waals surface area contributed by atoms with Crippen molar-refractivity contribution < 1.29 is 34.5 Å². The molecule has 1 atom stereocenters. The summed E-state index contributed by atoms with van der Waals surface area (Å²) in [6.07, 6.45) is -0.869. The minimum atomic E-state index is -4.49. The van der Waals surface area contributed by atoms with Crippen LogP contribution >= 0.6 is 7.60 Å². The number of phenols is 2. The Morgan fingerprint density at radius 1 is 1.24 bits per heavy atom. The molecule has 0 heterocycles. The number of rotatable bonds is 4. The Labute approximate surface area is 96.1 Å². The molecule has 0 aromatic heterocycles. The first-order valence-corrected chi connectivity index (χ1v) is 6.29. The zero-order chi connectivity index (χ0) is 13.2. The van der Waals surface area contributed by atoms with Crippen LogP contribution in [-0.2, 0) is 9.36 Å². The van der Waals surface area contributed by atoms with Crippen LogP contribution in [0.2, 0.25) is 0 Å². The lowest BCUT2D eigenvalue weighted by molar-refractivity contribution is -0.138. The van der Waals surface area contributed by atoms with Crippen molar-refractivity contribution in [2.45, 2.75) is 5.92 Å². The highest BCUT2D eigenvalue weighted by Gasteiger charge is 2.29. The zero-order valence-corrected chi connectivity index (χ0v) is 9.41. The Balaban J connectivity index is 3.10. The van der Waals surface area contributed by atoms with Crippen LogP contribution in [0.1, 0.15) is 11.5 Å². The lowest BCUT2D eigenvalue weighted by Crippen LogP contribution is -2.16. The van der Waals surface area contributed by atoms with Crippen molar-refractivity contribution >= 4 is 13.6 Å². The predicted octanol–water partition coefficient (Wildman–Crippen LogP) is 0.444. The van der Waals surface area contributed by atoms with E-state index >= 15 is 0 Å². The molecule has 0 radical (unpaired) electrons. The first-order chi connectivity index (χ1) is 7.70. The SMILES string of the molecule is O=C(O)C(CP(=O)(O)O)c1ccc(O)c(O)c1. The molecule has 1 unspecified atom stereocenters. The molecular weight excluding hydrogens is 251 g/mol. The van der Waals surface area contributed by atoms with Crippen molar-refractivity contribution in [1.29, 1.82) is 0 Å². The second-order valence-corrected chi connectivity index (χ2v) is 5.18. The van der Waals surface area contributed by atoms with E-state index in [2.05, 4.69) is 0 Å². The normalized spacial score (nSPS) is 13.3. The van der Waals surface area contributed by atoms with Gasteiger partial charge in [-0.15, -0.1) is 0 Å². The van der Waals surface area contributed by atoms with Crippen molar-refractivity contribution in [1.82, 2.24) is 0 Å². The van der Waals surface area contributed by atoms with Crippen molar-refractivity contribution in [2.75, 3.05) is 6.16 Å². The van der Waals surface area contributed by atoms with Gasteiger partial charge in [0.2, 0.25) is 0 Å². The van der Waals surface area contributed by atoms with Gasteiger partial charge in [-0.3, -0.25) is 9.36 Å². The van der Waals surface area contributed by atoms with E-state index in [1.165, 1.54) is 6.07 Å². The maximum absolute atomic E-state index is 10.9. The quantitative estimate of drug-likeness (QED) is 0.392. The molecule has 0 saturated carbocycles. The highest BCUT2D eigenvalue weighted by Crippen LogP contribution is 2.41. The lowest BCUT2D eigenvalue weighted by atomic mass is 10.0. The van der Waals surface area contributed by atoms with E-state index < -0.39 is 37.1 Å². The molecule has 94 valence electrons. The van der Waals surface area contributed by atoms with Gasteiger partial charge >= 0.3 is 13.6 Å². The van der Waals surface area contributed by atoms with Gasteiger partial charge in [0.15, 0.2) is 11.5 Å². The molecule has 1 aromatic rings. The number of phenolic OH excluding ortho intramolecular Hbond substituents is 2. The molecule has 17 heavy (non-hydrogen) atoms. The van der Waals surface area contributed by atoms with E-state index in [1.54, 1.807) is 0 Å². The summed E-state index contributed by atoms with van der Waals surface area (Å²) < 4.78 is 10.8. The fraction of sp³-hybridized carbons (Fsp3) is 0.222. The minimum absolute atomic E-state index is 0.0103. The molecule has 0 saturated heterocycles. The Hall–Kier alpha value is -1.56. The number of aromatic hydroxyl groups is 2. The van der Waals surface area contributed by atoms with E-state index in [4.69, 9.17) is 20.0 Å². The third kappa shape index (κ3) is 3.74. The molecule has 0 aliphatic carbocycles. The number of carbonyl (C=O) groups is 1. The molecule has 0 amide bonds. The smallest absolute Gasteiger partial charge is 0.326 e. The minimum Gasteiger partial charge on any atom is -0.504 e. The summed E-state index contributed by atoms with van der Waals surface area (Å²) in [5, 5.41) is 27.1. The van der Waals surface area contributed by atoms with Gasteiger partial charge in [0.05, 0.1) is 12.1 Å². The van der Waals surface area contributed by atoms with Gasteiger partial charge in [0.25, 0.3) is 0 Å². The number of hydrogen-bond donors (Lipinski definition) is 5. The third-order valence-corrected chi connectivity index (χ3v) is 2.96. The van der Waals surface area contributed by atoms with E-state index in [0.29, 0.717) is 0 Å². The Bertz CT molecular complexity index is 478. The molecule has 0 aliphatic heterocycles. The Morgan fingerprint density at radius 3 is 2.24 bits per heavy atom. The van der Waals surface area contributed by atoms with Crippen molar-refractivity contribution in [3.63, 3.8) is 0 Å². The van der Waals surface area contributed by atoms with Gasteiger partial charge in [-0.2, -0.15) is 0 Å². The molecule has 1 aromatic carbocycles. The van der Waals surface area contributed by atoms with Crippen molar-refractivity contribution in [3.05, 3.63) is 23.8 Å². The molecular formula is C9H11O7P. The van der Waals surface area contributed by atoms with Gasteiger partial charge in [-0.25, -0.2) is 0 Å². The van der Waals surface area contributed by atoms with Crippen molar-refractivity contribution in [2.24, 2.45) is 0 Å². The summed E-state index contributed by atoms with van der Waals surface area (Å²) in [7, 11) is -4.49. The summed E-state index contributed by atoms with van der Waals surface area (Å²) in [6, 6.07) is 3.20. The van der Waals surface area contributed by atoms with Crippen molar-refractivity contribution in [3.8, 4) is 11.5 Å². The van der Waals surface area contributed by atoms with Gasteiger partial charge < -0.3 is 25.1 Å². The van der Waals surface area contributed by atoms with Gasteiger partial charge in [0.1, 0.15) is 0 Å². The van der Waals surface area contributed by atoms with Crippen LogP contribution in [0.3, 0.4) is 0 Å². The predicted molar refractivity (Wildman–Crippen MR) is 57.1 cm³/mol. The van der Waals surface area contributed by atoms with Crippen LogP contribution in [0.25, 0.3) is 0 Å². The lowest BCUT2D eigenvalue weighted by Gasteiger charge is -2.14. The van der Waals surface area contributed by atoms with Gasteiger partial charge in [-0.1, -0.05) is 6.07 Å². The second-order valence-electron chi connectivity index (χ2n) is 3.49. The van der Waals surface area contributed by atoms with E-state index in [1.807, 2.05) is 0 Å². The molecule has 0 bridgehead atoms. The monoisotopic (exact) mass is 262 g/mol. The summed E-state index contributed by atoms with van der Waals surface area (Å²) in [6.45, 7) is 0. The maximum atomic E-state index is 10.9. The molecule has 0 spiro atoms. The van der Waals surface area contributed by atoms with E-state index in [9.17, 15) is 14.5 Å². The summed E-state index contributed by atoms with van der Waals surface area (Å²) in [5.74, 6) is -3.84. The molecule has 0 fully saturated rings. The highest BCUT2D eigenvalue weighted by molar-refractivity contribution is 7.51. The van der Waals surface area contributed by atoms with Gasteiger partial charge in [-0.05, 0) is 17.7 Å². The first kappa shape index (κ1) is 13.5. The molecule has 1 rings (SSSR count). The van der Waals surface area contributed by atoms with Gasteiger partial charge in [0, 0.05) is 0 Å². The standard InChI is InChI=1S/C9H11O7P/c10-7-2-1-5(3-8(7)11)6(9(12)13)4-17(14,15)16/h1-3,6,10-11H,4H2,(H,12,13)(H2,14,15,16). The van der Waals surface area contributed by atoms with Crippen LogP contribution in [0.5, 0.6) is 11.5 Å². The second kappa shape index (κ2) is 4.75. The van der Waals surface area contributed by atoms with Crippen LogP contribution in [0, 0.1) is 0 Å². The number of aliphatic carboxylic acids is 1. The largest absolute Gasteiger partial charge is 0.504 e. The van der Waals surface area contributed by atoms with Crippen LogP contribution < -0.4 is 0 Å². The zero-order valence-electron chi connectivity index (χ0n) is 8.52. The molecule has 0 aliphatic rings. The fourth-order valence-electron chi connectivity index (χ4n) is 1.32. The van der Waals surface area contributed by atoms with Crippen LogP contribution in [0.15, 0.2) is 18.2 Å². The Kier molecular flexibility index (Phi) is 3.77. The molecule has 7 nitrogen and oxygen atoms in total. The Morgan fingerprint density at radius 2 is 1.82 bits per heavy atom. The topological polar surface area (TPSA) is 135 Å². The summed E-state index contributed by atoms with van der Waals surface area (Å²) in [4.78, 5) is 28.4. The third-order valence-electron chi connectivity index (χ3n) is 2.12. The number of carboxylic acids is 1. The average Bonchev–Trinajstić information content (AvgIpc) is 2.17. The first-order valence-electron chi connectivity index (χ1n) is 4.50. The maximum Gasteiger partial charge on any atom is 0.326 e. The van der Waals surface area contributed by atoms with Crippen LogP contribution in [-0.4, -0.2) is 37.2 Å². The fourth-order valence-corrected chi connectivity index (χ4v) is 2.16.